The molecule has 0 radical (unpaired) electrons. The quantitative estimate of drug-likeness (QED) is 0.906. The molecule has 2 aliphatic carbocycles. The molecule has 0 saturated heterocycles. The number of fused-ring (bicyclic) bond motifs is 2. The molecular formula is C16H27N3. The molecule has 3 unspecified atom stereocenters. The number of aryl methyl sites for hydroxylation is 2. The Bertz CT molecular complexity index is 488. The van der Waals surface area contributed by atoms with Gasteiger partial charge in [-0.15, -0.1) is 0 Å². The van der Waals surface area contributed by atoms with E-state index in [0.29, 0.717) is 16.9 Å². The van der Waals surface area contributed by atoms with Crippen molar-refractivity contribution in [1.29, 1.82) is 0 Å². The topological polar surface area (TPSA) is 29.9 Å². The molecule has 0 amide bonds. The number of rotatable bonds is 3. The maximum atomic E-state index is 4.43. The Balaban J connectivity index is 1.71. The minimum absolute atomic E-state index is 0.466. The van der Waals surface area contributed by atoms with Gasteiger partial charge in [-0.2, -0.15) is 5.10 Å². The van der Waals surface area contributed by atoms with Crippen molar-refractivity contribution in [2.75, 3.05) is 0 Å². The lowest BCUT2D eigenvalue weighted by Crippen LogP contribution is -2.44. The fourth-order valence-corrected chi connectivity index (χ4v) is 4.57. The molecule has 3 heteroatoms. The van der Waals surface area contributed by atoms with Gasteiger partial charge in [-0.05, 0) is 42.9 Å². The van der Waals surface area contributed by atoms with Crippen LogP contribution in [0.25, 0.3) is 0 Å². The lowest BCUT2D eigenvalue weighted by atomic mass is 9.69. The zero-order valence-corrected chi connectivity index (χ0v) is 13.0. The average Bonchev–Trinajstić information content (AvgIpc) is 2.82. The molecule has 3 rings (SSSR count). The van der Waals surface area contributed by atoms with E-state index in [1.165, 1.54) is 24.8 Å². The summed E-state index contributed by atoms with van der Waals surface area (Å²) in [6.07, 6.45) is 6.30. The van der Waals surface area contributed by atoms with Gasteiger partial charge in [0.2, 0.25) is 0 Å². The van der Waals surface area contributed by atoms with Crippen molar-refractivity contribution < 1.29 is 0 Å². The summed E-state index contributed by atoms with van der Waals surface area (Å²) in [6.45, 7) is 10.5. The van der Waals surface area contributed by atoms with E-state index in [4.69, 9.17) is 0 Å². The Morgan fingerprint density at radius 3 is 2.63 bits per heavy atom. The molecule has 1 aromatic rings. The molecule has 0 aromatic carbocycles. The van der Waals surface area contributed by atoms with Crippen molar-refractivity contribution in [3.05, 3.63) is 17.5 Å². The molecule has 1 aromatic heterocycles. The summed E-state index contributed by atoms with van der Waals surface area (Å²) in [6, 6.07) is 0.667. The Morgan fingerprint density at radius 1 is 1.42 bits per heavy atom. The third kappa shape index (κ3) is 1.78. The Hall–Kier alpha value is -0.830. The van der Waals surface area contributed by atoms with Crippen molar-refractivity contribution in [2.45, 2.75) is 59.5 Å². The van der Waals surface area contributed by atoms with Gasteiger partial charge in [-0.25, -0.2) is 0 Å². The van der Waals surface area contributed by atoms with Gasteiger partial charge in [0.15, 0.2) is 0 Å². The first-order valence-corrected chi connectivity index (χ1v) is 7.57. The molecule has 1 N–H and O–H groups in total. The molecule has 19 heavy (non-hydrogen) atoms. The van der Waals surface area contributed by atoms with Crippen LogP contribution in [-0.4, -0.2) is 15.8 Å². The number of hydrogen-bond donors (Lipinski definition) is 1. The van der Waals surface area contributed by atoms with E-state index >= 15 is 0 Å². The van der Waals surface area contributed by atoms with Crippen molar-refractivity contribution >= 4 is 0 Å². The first-order chi connectivity index (χ1) is 8.84. The number of hydrogen-bond acceptors (Lipinski definition) is 2. The fourth-order valence-electron chi connectivity index (χ4n) is 4.57. The van der Waals surface area contributed by atoms with E-state index in [0.717, 1.165) is 18.2 Å². The van der Waals surface area contributed by atoms with Gasteiger partial charge in [-0.1, -0.05) is 20.8 Å². The van der Waals surface area contributed by atoms with Crippen molar-refractivity contribution in [1.82, 2.24) is 15.1 Å². The van der Waals surface area contributed by atoms with Crippen molar-refractivity contribution in [2.24, 2.45) is 23.8 Å². The normalized spacial score (nSPS) is 36.1. The molecule has 0 spiro atoms. The smallest absolute Gasteiger partial charge is 0.0638 e. The second-order valence-corrected chi connectivity index (χ2v) is 7.46. The summed E-state index contributed by atoms with van der Waals surface area (Å²) in [5, 5.41) is 8.25. The predicted molar refractivity (Wildman–Crippen MR) is 77.8 cm³/mol. The largest absolute Gasteiger partial charge is 0.309 e. The predicted octanol–water partition coefficient (Wildman–Crippen LogP) is 3.03. The molecule has 3 nitrogen and oxygen atoms in total. The molecule has 2 aliphatic rings. The highest BCUT2D eigenvalue weighted by Crippen LogP contribution is 2.65. The standard InChI is InChI=1S/C16H27N3/c1-11-12(10-19(5)18-11)9-17-14-8-13-6-7-16(14,4)15(13,2)3/h10,13-14,17H,6-9H2,1-5H3. The summed E-state index contributed by atoms with van der Waals surface area (Å²) in [7, 11) is 2.00. The zero-order chi connectivity index (χ0) is 13.8. The molecule has 0 aliphatic heterocycles. The molecule has 1 heterocycles. The maximum Gasteiger partial charge on any atom is 0.0638 e. The summed E-state index contributed by atoms with van der Waals surface area (Å²) in [4.78, 5) is 0. The van der Waals surface area contributed by atoms with Gasteiger partial charge >= 0.3 is 0 Å². The zero-order valence-electron chi connectivity index (χ0n) is 13.0. The van der Waals surface area contributed by atoms with Crippen LogP contribution in [-0.2, 0) is 13.6 Å². The second-order valence-electron chi connectivity index (χ2n) is 7.46. The minimum Gasteiger partial charge on any atom is -0.309 e. The minimum atomic E-state index is 0.466. The first-order valence-electron chi connectivity index (χ1n) is 7.57. The van der Waals surface area contributed by atoms with Crippen LogP contribution in [0, 0.1) is 23.7 Å². The van der Waals surface area contributed by atoms with Gasteiger partial charge in [0.25, 0.3) is 0 Å². The van der Waals surface area contributed by atoms with Gasteiger partial charge in [-0.3, -0.25) is 4.68 Å². The van der Waals surface area contributed by atoms with Crippen LogP contribution in [0.4, 0.5) is 0 Å². The summed E-state index contributed by atoms with van der Waals surface area (Å²) in [5.74, 6) is 0.907. The van der Waals surface area contributed by atoms with Gasteiger partial charge in [0.05, 0.1) is 5.69 Å². The van der Waals surface area contributed by atoms with Crippen LogP contribution in [0.15, 0.2) is 6.20 Å². The van der Waals surface area contributed by atoms with Gasteiger partial charge < -0.3 is 5.32 Å². The van der Waals surface area contributed by atoms with Crippen LogP contribution >= 0.6 is 0 Å². The molecular weight excluding hydrogens is 234 g/mol. The fraction of sp³-hybridized carbons (Fsp3) is 0.812. The van der Waals surface area contributed by atoms with E-state index in [-0.39, 0.29) is 0 Å². The molecule has 2 bridgehead atoms. The molecule has 2 fully saturated rings. The average molecular weight is 261 g/mol. The highest BCUT2D eigenvalue weighted by atomic mass is 15.3. The summed E-state index contributed by atoms with van der Waals surface area (Å²) >= 11 is 0. The second kappa shape index (κ2) is 4.08. The Morgan fingerprint density at radius 2 is 2.16 bits per heavy atom. The molecule has 106 valence electrons. The number of nitrogens with one attached hydrogen (secondary N) is 1. The van der Waals surface area contributed by atoms with Crippen molar-refractivity contribution in [3.63, 3.8) is 0 Å². The van der Waals surface area contributed by atoms with Crippen LogP contribution in [0.5, 0.6) is 0 Å². The van der Waals surface area contributed by atoms with E-state index in [1.54, 1.807) is 0 Å². The first kappa shape index (κ1) is 13.2. The Labute approximate surface area is 116 Å². The maximum absolute atomic E-state index is 4.43. The van der Waals surface area contributed by atoms with Crippen LogP contribution in [0.3, 0.4) is 0 Å². The van der Waals surface area contributed by atoms with Gasteiger partial charge in [0.1, 0.15) is 0 Å². The van der Waals surface area contributed by atoms with E-state index in [9.17, 15) is 0 Å². The Kier molecular flexibility index (Phi) is 2.83. The van der Waals surface area contributed by atoms with E-state index < -0.39 is 0 Å². The number of aromatic nitrogens is 2. The lowest BCUT2D eigenvalue weighted by Gasteiger charge is -2.39. The number of nitrogens with zero attached hydrogens (tertiary/aromatic N) is 2. The monoisotopic (exact) mass is 261 g/mol. The SMILES string of the molecule is Cc1nn(C)cc1CNC1CC2CCC1(C)C2(C)C. The van der Waals surface area contributed by atoms with Crippen LogP contribution in [0.2, 0.25) is 0 Å². The highest BCUT2D eigenvalue weighted by Gasteiger charge is 2.60. The van der Waals surface area contributed by atoms with Crippen LogP contribution < -0.4 is 5.32 Å². The summed E-state index contributed by atoms with van der Waals surface area (Å²) in [5.41, 5.74) is 3.46. The summed E-state index contributed by atoms with van der Waals surface area (Å²) < 4.78 is 1.92. The van der Waals surface area contributed by atoms with E-state index in [2.05, 4.69) is 44.3 Å². The van der Waals surface area contributed by atoms with Crippen LogP contribution in [0.1, 0.15) is 51.3 Å². The molecule has 3 atom stereocenters. The molecule has 2 saturated carbocycles. The lowest BCUT2D eigenvalue weighted by molar-refractivity contribution is 0.120. The highest BCUT2D eigenvalue weighted by molar-refractivity contribution is 5.17. The van der Waals surface area contributed by atoms with E-state index in [1.807, 2.05) is 11.7 Å². The van der Waals surface area contributed by atoms with Crippen molar-refractivity contribution in [3.8, 4) is 0 Å². The van der Waals surface area contributed by atoms with Gasteiger partial charge in [0, 0.05) is 31.4 Å². The third-order valence-corrected chi connectivity index (χ3v) is 6.45. The third-order valence-electron chi connectivity index (χ3n) is 6.45.